The van der Waals surface area contributed by atoms with Crippen LogP contribution in [0.2, 0.25) is 10.0 Å². The lowest BCUT2D eigenvalue weighted by Gasteiger charge is -2.11. The van der Waals surface area contributed by atoms with Crippen LogP contribution in [-0.2, 0) is 6.54 Å². The number of pyridine rings is 1. The number of anilines is 1. The number of carbonyl (C=O) groups excluding carboxylic acids is 1. The molecule has 0 aliphatic heterocycles. The summed E-state index contributed by atoms with van der Waals surface area (Å²) in [5, 5.41) is 4.00. The van der Waals surface area contributed by atoms with Gasteiger partial charge in [-0.3, -0.25) is 9.59 Å². The number of aromatic nitrogens is 1. The average molecular weight is 387 g/mol. The maximum absolute atomic E-state index is 12.6. The van der Waals surface area contributed by atoms with Crippen LogP contribution in [0.1, 0.15) is 21.5 Å². The topological polar surface area (TPSA) is 51.1 Å². The van der Waals surface area contributed by atoms with E-state index in [9.17, 15) is 9.59 Å². The van der Waals surface area contributed by atoms with Crippen molar-refractivity contribution >= 4 is 34.8 Å². The van der Waals surface area contributed by atoms with Crippen LogP contribution in [0.3, 0.4) is 0 Å². The van der Waals surface area contributed by atoms with E-state index in [0.29, 0.717) is 27.8 Å². The van der Waals surface area contributed by atoms with Gasteiger partial charge in [-0.05, 0) is 48.4 Å². The highest BCUT2D eigenvalue weighted by Gasteiger charge is 2.11. The van der Waals surface area contributed by atoms with Crippen LogP contribution in [0.25, 0.3) is 0 Å². The minimum absolute atomic E-state index is 0.194. The molecule has 0 spiro atoms. The molecular formula is C20H16Cl2N2O2. The summed E-state index contributed by atoms with van der Waals surface area (Å²) in [7, 11) is 0. The van der Waals surface area contributed by atoms with Gasteiger partial charge in [0.05, 0.1) is 12.1 Å². The summed E-state index contributed by atoms with van der Waals surface area (Å²) >= 11 is 12.1. The molecule has 1 aromatic heterocycles. The molecule has 1 N–H and O–H groups in total. The summed E-state index contributed by atoms with van der Waals surface area (Å²) < 4.78 is 1.48. The van der Waals surface area contributed by atoms with Gasteiger partial charge in [-0.2, -0.15) is 0 Å². The Kier molecular flexibility index (Phi) is 5.45. The first-order valence-corrected chi connectivity index (χ1v) is 8.71. The first-order valence-electron chi connectivity index (χ1n) is 7.95. The van der Waals surface area contributed by atoms with Crippen molar-refractivity contribution in [2.75, 3.05) is 5.32 Å². The SMILES string of the molecule is Cc1c(Cl)cccc1NC(=O)c1ccc(=O)n(Cc2cccc(Cl)c2)c1. The lowest BCUT2D eigenvalue weighted by molar-refractivity contribution is 0.102. The van der Waals surface area contributed by atoms with Gasteiger partial charge in [-0.25, -0.2) is 0 Å². The van der Waals surface area contributed by atoms with Crippen molar-refractivity contribution in [3.05, 3.63) is 97.9 Å². The quantitative estimate of drug-likeness (QED) is 0.702. The van der Waals surface area contributed by atoms with Gasteiger partial charge in [-0.15, -0.1) is 0 Å². The minimum Gasteiger partial charge on any atom is -0.322 e. The predicted molar refractivity (Wildman–Crippen MR) is 105 cm³/mol. The van der Waals surface area contributed by atoms with Crippen LogP contribution in [-0.4, -0.2) is 10.5 Å². The fourth-order valence-corrected chi connectivity index (χ4v) is 2.95. The molecule has 3 rings (SSSR count). The number of hydrogen-bond acceptors (Lipinski definition) is 2. The molecule has 0 aliphatic rings. The number of amides is 1. The Morgan fingerprint density at radius 3 is 2.62 bits per heavy atom. The van der Waals surface area contributed by atoms with Gasteiger partial charge < -0.3 is 9.88 Å². The molecular weight excluding hydrogens is 371 g/mol. The lowest BCUT2D eigenvalue weighted by Crippen LogP contribution is -2.22. The van der Waals surface area contributed by atoms with Crippen molar-refractivity contribution in [2.24, 2.45) is 0 Å². The normalized spacial score (nSPS) is 10.6. The lowest BCUT2D eigenvalue weighted by atomic mass is 10.2. The highest BCUT2D eigenvalue weighted by Crippen LogP contribution is 2.23. The van der Waals surface area contributed by atoms with E-state index < -0.39 is 0 Å². The zero-order valence-electron chi connectivity index (χ0n) is 14.0. The molecule has 0 saturated heterocycles. The smallest absolute Gasteiger partial charge is 0.257 e. The van der Waals surface area contributed by atoms with Crippen LogP contribution in [0.4, 0.5) is 5.69 Å². The summed E-state index contributed by atoms with van der Waals surface area (Å²) in [5.74, 6) is -0.310. The van der Waals surface area contributed by atoms with Gasteiger partial charge in [0.1, 0.15) is 0 Å². The number of carbonyl (C=O) groups is 1. The zero-order valence-corrected chi connectivity index (χ0v) is 15.5. The molecule has 0 aliphatic carbocycles. The molecule has 3 aromatic rings. The third-order valence-corrected chi connectivity index (χ3v) is 4.65. The maximum atomic E-state index is 12.6. The largest absolute Gasteiger partial charge is 0.322 e. The molecule has 0 bridgehead atoms. The molecule has 132 valence electrons. The zero-order chi connectivity index (χ0) is 18.7. The van der Waals surface area contributed by atoms with E-state index in [1.54, 1.807) is 36.5 Å². The average Bonchev–Trinajstić information content (AvgIpc) is 2.61. The summed E-state index contributed by atoms with van der Waals surface area (Å²) in [6.07, 6.45) is 1.54. The molecule has 1 heterocycles. The van der Waals surface area contributed by atoms with Crippen LogP contribution >= 0.6 is 23.2 Å². The second-order valence-corrected chi connectivity index (χ2v) is 6.72. The number of nitrogens with one attached hydrogen (secondary N) is 1. The van der Waals surface area contributed by atoms with Gasteiger partial charge in [0.2, 0.25) is 0 Å². The molecule has 4 nitrogen and oxygen atoms in total. The van der Waals surface area contributed by atoms with Gasteiger partial charge >= 0.3 is 0 Å². The van der Waals surface area contributed by atoms with Crippen molar-refractivity contribution < 1.29 is 4.79 Å². The minimum atomic E-state index is -0.310. The molecule has 26 heavy (non-hydrogen) atoms. The van der Waals surface area contributed by atoms with Crippen molar-refractivity contribution in [1.82, 2.24) is 4.57 Å². The standard InChI is InChI=1S/C20H16Cl2N2O2/c1-13-17(22)6-3-7-18(13)23-20(26)15-8-9-19(25)24(12-15)11-14-4-2-5-16(21)10-14/h2-10,12H,11H2,1H3,(H,23,26). The van der Waals surface area contributed by atoms with E-state index in [-0.39, 0.29) is 11.5 Å². The summed E-state index contributed by atoms with van der Waals surface area (Å²) in [5.41, 5.74) is 2.49. The maximum Gasteiger partial charge on any atom is 0.257 e. The predicted octanol–water partition coefficient (Wildman–Crippen LogP) is 4.76. The van der Waals surface area contributed by atoms with Gasteiger partial charge in [0.15, 0.2) is 0 Å². The molecule has 0 radical (unpaired) electrons. The number of hydrogen-bond donors (Lipinski definition) is 1. The highest BCUT2D eigenvalue weighted by molar-refractivity contribution is 6.31. The molecule has 6 heteroatoms. The molecule has 0 fully saturated rings. The summed E-state index contributed by atoms with van der Waals surface area (Å²) in [4.78, 5) is 24.7. The third-order valence-electron chi connectivity index (χ3n) is 4.00. The third kappa shape index (κ3) is 4.15. The Balaban J connectivity index is 1.85. The van der Waals surface area contributed by atoms with E-state index in [0.717, 1.165) is 11.1 Å². The first kappa shape index (κ1) is 18.2. The molecule has 2 aromatic carbocycles. The Labute approximate surface area is 161 Å². The van der Waals surface area contributed by atoms with Gasteiger partial charge in [0, 0.05) is 28.0 Å². The second kappa shape index (κ2) is 7.77. The molecule has 0 atom stereocenters. The van der Waals surface area contributed by atoms with Crippen molar-refractivity contribution in [3.8, 4) is 0 Å². The second-order valence-electron chi connectivity index (χ2n) is 5.88. The Hall–Kier alpha value is -2.56. The van der Waals surface area contributed by atoms with Gasteiger partial charge in [0.25, 0.3) is 11.5 Å². The molecule has 0 saturated carbocycles. The van der Waals surface area contributed by atoms with Crippen LogP contribution in [0, 0.1) is 6.92 Å². The monoisotopic (exact) mass is 386 g/mol. The van der Waals surface area contributed by atoms with Crippen LogP contribution in [0.5, 0.6) is 0 Å². The number of rotatable bonds is 4. The van der Waals surface area contributed by atoms with E-state index in [2.05, 4.69) is 5.32 Å². The molecule has 0 unspecified atom stereocenters. The number of nitrogens with zero attached hydrogens (tertiary/aromatic N) is 1. The molecule has 1 amide bonds. The summed E-state index contributed by atoms with van der Waals surface area (Å²) in [6.45, 7) is 2.16. The number of benzene rings is 2. The Morgan fingerprint density at radius 2 is 1.85 bits per heavy atom. The van der Waals surface area contributed by atoms with E-state index in [1.807, 2.05) is 19.1 Å². The first-order chi connectivity index (χ1) is 12.4. The van der Waals surface area contributed by atoms with E-state index in [1.165, 1.54) is 16.7 Å². The van der Waals surface area contributed by atoms with Crippen LogP contribution in [0.15, 0.2) is 65.6 Å². The van der Waals surface area contributed by atoms with Crippen molar-refractivity contribution in [1.29, 1.82) is 0 Å². The van der Waals surface area contributed by atoms with E-state index >= 15 is 0 Å². The van der Waals surface area contributed by atoms with Gasteiger partial charge in [-0.1, -0.05) is 41.4 Å². The van der Waals surface area contributed by atoms with E-state index in [4.69, 9.17) is 23.2 Å². The Morgan fingerprint density at radius 1 is 1.08 bits per heavy atom. The highest BCUT2D eigenvalue weighted by atomic mass is 35.5. The van der Waals surface area contributed by atoms with Crippen LogP contribution < -0.4 is 10.9 Å². The van der Waals surface area contributed by atoms with Crippen molar-refractivity contribution in [3.63, 3.8) is 0 Å². The fourth-order valence-electron chi connectivity index (χ4n) is 2.56. The summed E-state index contributed by atoms with van der Waals surface area (Å²) in [6, 6.07) is 15.4. The fraction of sp³-hybridized carbons (Fsp3) is 0.100. The number of halogens is 2. The van der Waals surface area contributed by atoms with Crippen molar-refractivity contribution in [2.45, 2.75) is 13.5 Å². The Bertz CT molecular complexity index is 1030.